The second kappa shape index (κ2) is 45.3. The summed E-state index contributed by atoms with van der Waals surface area (Å²) < 4.78 is 62.5. The van der Waals surface area contributed by atoms with Gasteiger partial charge in [-0.15, -0.1) is 167 Å². The summed E-state index contributed by atoms with van der Waals surface area (Å²) in [6.45, 7) is 9.13. The molecule has 0 amide bonds. The molecule has 626 valence electrons. The van der Waals surface area contributed by atoms with Crippen LogP contribution in [-0.4, -0.2) is 24.9 Å². The Kier molecular flexibility index (Phi) is 28.8. The number of nitrogens with zero attached hydrogens (tertiary/aromatic N) is 10. The van der Waals surface area contributed by atoms with E-state index in [0.717, 1.165) is 82.5 Å². The summed E-state index contributed by atoms with van der Waals surface area (Å²) >= 11 is 1.92. The van der Waals surface area contributed by atoms with E-state index in [1.807, 2.05) is 218 Å². The number of benzene rings is 12. The SMILES string of the molecule is Cc1cc(-c2[c-]cccc2)ncc1-c1ccccc1.Cc1cc[n+]2c(n1)-c1ccccc1C2.[2H]c1[c-]c(-c2ncc([2H])c([2H])c2[2H])c([2H])c([2H])c1[2H].[Ir+3].[Ir].[Ir].[c-]1ccccc1-c1ccccn1.[c-]1ccccc1-c1ccccn1.[c-]1ccccc1N1C=CN(c2ccccc2)[CH-]1.c1cc[n+]2c(c1)-c1c(ccc3c1sc1ccccc13)C2.c1ccc(-c2ccc3c(c2)-c2cccc[n+]2C3)cc1. The molecular weight excluding hydrogens is 2120 g/mol. The van der Waals surface area contributed by atoms with E-state index in [2.05, 4.69) is 281 Å². The molecule has 128 heavy (non-hydrogen) atoms. The molecule has 0 bridgehead atoms. The standard InChI is InChI=1S/C18H12NS.2C18H14N.C15H12N2.C12H11N2.3C11H8N.3Ir/c1-2-7-16-13(5-1)14-9-8-12-11-19-10-4-3-6-15(19)17(12)18(14)20-16;1-2-6-14(7-3-1)15-9-10-16-13-19-11-5-4-8-18(19)17(16)12-15;1-14-12-18(16-10-6-3-7-11-16)19-13-17(14)15-8-4-2-5-9-15;1-3-7-14(8-4-1)16-11-12-17(13-16)15-9-5-2-6-10-15;1-9-6-7-14-8-10-4-2-3-5-11(10)12(14)13-9;3*1-2-6-10(7-3-1)11-8-4-5-9-12-11;;;/h1-10H,11H2;1-12H,13H2;2-10,12-13H,1H3;1-9,11-13H;2-7H,8H2,1H3;3*1-6,8-9H;;;/q2*+1;-1;-2;+1;3*-1;;;+3/i;;;;;1D,2D,3D,4D,5D,6D,8D;;;;;. The summed E-state index contributed by atoms with van der Waals surface area (Å²) in [5.74, 6) is 1.10. The van der Waals surface area contributed by atoms with Crippen LogP contribution in [-0.2, 0) is 80.0 Å². The molecule has 0 spiro atoms. The van der Waals surface area contributed by atoms with Crippen molar-refractivity contribution in [3.63, 3.8) is 0 Å². The van der Waals surface area contributed by atoms with E-state index in [-0.39, 0.29) is 102 Å². The van der Waals surface area contributed by atoms with E-state index in [1.165, 1.54) is 92.8 Å². The molecule has 10 nitrogen and oxygen atoms in total. The smallest absolute Gasteiger partial charge is 0.500 e. The van der Waals surface area contributed by atoms with Crippen LogP contribution in [0.4, 0.5) is 11.4 Å². The quantitative estimate of drug-likeness (QED) is 0.111. The van der Waals surface area contributed by atoms with Gasteiger partial charge in [0.15, 0.2) is 31.2 Å². The molecule has 20 aromatic rings. The van der Waals surface area contributed by atoms with Crippen LogP contribution in [0.5, 0.6) is 0 Å². The van der Waals surface area contributed by atoms with Crippen molar-refractivity contribution in [2.75, 3.05) is 9.80 Å². The topological polar surface area (TPSA) is 82.6 Å². The van der Waals surface area contributed by atoms with Gasteiger partial charge in [-0.25, -0.2) is 4.57 Å². The first-order chi connectivity index (χ1) is 64.7. The van der Waals surface area contributed by atoms with Crippen molar-refractivity contribution in [1.82, 2.24) is 24.9 Å². The average Bonchev–Trinajstić information content (AvgIpc) is 1.57. The first-order valence-electron chi connectivity index (χ1n) is 44.6. The fourth-order valence-electron chi connectivity index (χ4n) is 14.9. The van der Waals surface area contributed by atoms with Gasteiger partial charge in [-0.1, -0.05) is 182 Å². The van der Waals surface area contributed by atoms with E-state index >= 15 is 0 Å². The fourth-order valence-corrected chi connectivity index (χ4v) is 16.2. The Hall–Kier alpha value is -13.9. The molecule has 12 aromatic carbocycles. The molecule has 0 saturated heterocycles. The minimum absolute atomic E-state index is 0. The molecule has 0 unspecified atom stereocenters. The largest absolute Gasteiger partial charge is 3.00 e. The van der Waals surface area contributed by atoms with Gasteiger partial charge >= 0.3 is 25.9 Å². The first-order valence-corrected chi connectivity index (χ1v) is 41.9. The summed E-state index contributed by atoms with van der Waals surface area (Å²) in [6.07, 6.45) is 17.1. The third-order valence-corrected chi connectivity index (χ3v) is 22.2. The molecule has 24 rings (SSSR count). The summed E-state index contributed by atoms with van der Waals surface area (Å²) in [7, 11) is 0. The minimum atomic E-state index is -0.443. The monoisotopic (exact) mass is 2210 g/mol. The third-order valence-electron chi connectivity index (χ3n) is 21.0. The van der Waals surface area contributed by atoms with Gasteiger partial charge in [0.2, 0.25) is 11.4 Å². The molecule has 0 N–H and O–H groups in total. The zero-order chi connectivity index (χ0) is 90.7. The van der Waals surface area contributed by atoms with Crippen molar-refractivity contribution in [3.05, 3.63) is 515 Å². The second-order valence-electron chi connectivity index (χ2n) is 29.2. The summed E-state index contributed by atoms with van der Waals surface area (Å²) in [5.41, 5.74) is 26.3. The van der Waals surface area contributed by atoms with Crippen molar-refractivity contribution in [3.8, 4) is 101 Å². The number of aromatic nitrogens is 8. The van der Waals surface area contributed by atoms with Gasteiger partial charge in [0.1, 0.15) is 6.54 Å². The zero-order valence-electron chi connectivity index (χ0n) is 76.8. The molecule has 0 saturated carbocycles. The molecule has 0 aliphatic carbocycles. The van der Waals surface area contributed by atoms with E-state index in [9.17, 15) is 0 Å². The Morgan fingerprint density at radius 2 is 0.945 bits per heavy atom. The normalized spacial score (nSPS) is 12.1. The molecule has 4 aliphatic rings. The molecule has 0 fully saturated rings. The maximum Gasteiger partial charge on any atom is 3.00 e. The van der Waals surface area contributed by atoms with Crippen LogP contribution < -0.4 is 23.5 Å². The van der Waals surface area contributed by atoms with Gasteiger partial charge in [-0.2, -0.15) is 39.5 Å². The predicted octanol–water partition coefficient (Wildman–Crippen LogP) is 25.3. The summed E-state index contributed by atoms with van der Waals surface area (Å²) in [5, 5.41) is 2.77. The average molecular weight is 2210 g/mol. The van der Waals surface area contributed by atoms with Crippen LogP contribution in [0.3, 0.4) is 0 Å². The Morgan fingerprint density at radius 1 is 0.383 bits per heavy atom. The van der Waals surface area contributed by atoms with Crippen LogP contribution >= 0.6 is 11.3 Å². The number of aryl methyl sites for hydroxylation is 2. The zero-order valence-corrected chi connectivity index (χ0v) is 77.8. The van der Waals surface area contributed by atoms with Gasteiger partial charge in [-0.3, -0.25) is 0 Å². The van der Waals surface area contributed by atoms with Crippen LogP contribution in [0.1, 0.15) is 37.5 Å². The van der Waals surface area contributed by atoms with Gasteiger partial charge in [-0.05, 0) is 133 Å². The molecule has 8 aromatic heterocycles. The number of hydrogen-bond donors (Lipinski definition) is 0. The van der Waals surface area contributed by atoms with Crippen LogP contribution in [0.15, 0.2) is 450 Å². The molecular formula is C114H87Ir3N10S. The summed E-state index contributed by atoms with van der Waals surface area (Å²) in [4.78, 5) is 25.5. The number of pyridine rings is 6. The fraction of sp³-hybridized carbons (Fsp3) is 0.0439. The number of hydrogen-bond acceptors (Lipinski definition) is 8. The van der Waals surface area contributed by atoms with Crippen LogP contribution in [0.2, 0.25) is 0 Å². The summed E-state index contributed by atoms with van der Waals surface area (Å²) in [6, 6.07) is 133. The molecule has 14 heteroatoms. The Bertz CT molecular complexity index is 7210. The van der Waals surface area contributed by atoms with Crippen molar-refractivity contribution in [1.29, 1.82) is 0 Å². The Morgan fingerprint density at radius 3 is 1.62 bits per heavy atom. The molecule has 12 heterocycles. The predicted molar refractivity (Wildman–Crippen MR) is 509 cm³/mol. The first kappa shape index (κ1) is 81.2. The van der Waals surface area contributed by atoms with E-state index in [1.54, 1.807) is 12.4 Å². The van der Waals surface area contributed by atoms with Crippen molar-refractivity contribution in [2.24, 2.45) is 0 Å². The Balaban J connectivity index is 0.000000124. The molecule has 0 atom stereocenters. The van der Waals surface area contributed by atoms with Crippen molar-refractivity contribution >= 4 is 42.9 Å². The number of para-hydroxylation sites is 2. The maximum atomic E-state index is 7.74. The number of thiophene rings is 1. The maximum absolute atomic E-state index is 7.74. The van der Waals surface area contributed by atoms with Crippen molar-refractivity contribution < 1.29 is 83.6 Å². The van der Waals surface area contributed by atoms with Gasteiger partial charge in [0.25, 0.3) is 0 Å². The van der Waals surface area contributed by atoms with Crippen LogP contribution in [0, 0.1) is 50.8 Å². The van der Waals surface area contributed by atoms with Gasteiger partial charge in [0, 0.05) is 153 Å². The van der Waals surface area contributed by atoms with E-state index in [4.69, 9.17) is 9.60 Å². The molecule has 2 radical (unpaired) electrons. The van der Waals surface area contributed by atoms with E-state index < -0.39 is 12.1 Å². The number of rotatable bonds is 8. The second-order valence-corrected chi connectivity index (χ2v) is 30.3. The minimum Gasteiger partial charge on any atom is -0.500 e. The van der Waals surface area contributed by atoms with Crippen molar-refractivity contribution in [2.45, 2.75) is 33.5 Å². The molecule has 4 aliphatic heterocycles. The number of fused-ring (bicyclic) bond motifs is 13. The van der Waals surface area contributed by atoms with E-state index in [0.29, 0.717) is 0 Å². The Labute approximate surface area is 804 Å². The van der Waals surface area contributed by atoms with Gasteiger partial charge in [0.05, 0.1) is 27.0 Å². The third kappa shape index (κ3) is 22.7. The number of anilines is 2. The van der Waals surface area contributed by atoms with Gasteiger partial charge < -0.3 is 29.7 Å². The van der Waals surface area contributed by atoms with Crippen LogP contribution in [0.25, 0.3) is 121 Å².